The molecule has 2 aromatic heterocycles. The third-order valence-electron chi connectivity index (χ3n) is 4.21. The number of anilines is 1. The molecule has 1 saturated heterocycles. The minimum atomic E-state index is -0.251. The number of benzene rings is 1. The van der Waals surface area contributed by atoms with Gasteiger partial charge < -0.3 is 10.2 Å². The number of piperazine rings is 1. The summed E-state index contributed by atoms with van der Waals surface area (Å²) in [6, 6.07) is 9.46. The lowest BCUT2D eigenvalue weighted by atomic mass is 10.1. The summed E-state index contributed by atoms with van der Waals surface area (Å²) in [5.41, 5.74) is 2.12. The van der Waals surface area contributed by atoms with Crippen LogP contribution in [0, 0.1) is 0 Å². The van der Waals surface area contributed by atoms with E-state index in [0.717, 1.165) is 5.69 Å². The molecule has 0 radical (unpaired) electrons. The van der Waals surface area contributed by atoms with Crippen LogP contribution in [-0.4, -0.2) is 50.0 Å². The number of amides is 1. The van der Waals surface area contributed by atoms with Crippen LogP contribution in [0.5, 0.6) is 0 Å². The van der Waals surface area contributed by atoms with Gasteiger partial charge in [-0.05, 0) is 18.6 Å². The summed E-state index contributed by atoms with van der Waals surface area (Å²) in [4.78, 5) is 22.9. The maximum Gasteiger partial charge on any atom is 0.242 e. The molecule has 0 bridgehead atoms. The van der Waals surface area contributed by atoms with Crippen molar-refractivity contribution >= 4 is 22.9 Å². The number of hydrogen-bond donors (Lipinski definition) is 1. The Morgan fingerprint density at radius 1 is 1.25 bits per heavy atom. The second kappa shape index (κ2) is 5.88. The third-order valence-corrected chi connectivity index (χ3v) is 4.21. The Bertz CT molecular complexity index is 877. The fourth-order valence-electron chi connectivity index (χ4n) is 3.06. The lowest BCUT2D eigenvalue weighted by Gasteiger charge is -2.35. The summed E-state index contributed by atoms with van der Waals surface area (Å²) in [7, 11) is 0. The van der Waals surface area contributed by atoms with E-state index in [2.05, 4.69) is 25.6 Å². The highest BCUT2D eigenvalue weighted by Gasteiger charge is 2.31. The third kappa shape index (κ3) is 2.27. The van der Waals surface area contributed by atoms with Gasteiger partial charge in [0, 0.05) is 13.1 Å². The Morgan fingerprint density at radius 3 is 2.88 bits per heavy atom. The zero-order valence-electron chi connectivity index (χ0n) is 13.3. The van der Waals surface area contributed by atoms with Crippen molar-refractivity contribution < 1.29 is 4.79 Å². The molecule has 1 aromatic carbocycles. The highest BCUT2D eigenvalue weighted by atomic mass is 16.2. The first kappa shape index (κ1) is 14.6. The topological polar surface area (TPSA) is 88.8 Å². The Morgan fingerprint density at radius 2 is 2.08 bits per heavy atom. The Kier molecular flexibility index (Phi) is 3.56. The van der Waals surface area contributed by atoms with Gasteiger partial charge in [-0.15, -0.1) is 5.10 Å². The van der Waals surface area contributed by atoms with Gasteiger partial charge in [0.05, 0.1) is 5.69 Å². The second-order valence-electron chi connectivity index (χ2n) is 5.61. The molecule has 122 valence electrons. The molecular weight excluding hydrogens is 306 g/mol. The van der Waals surface area contributed by atoms with Crippen molar-refractivity contribution in [1.29, 1.82) is 0 Å². The standard InChI is InChI=1S/C16H17N7O/c1-2-12-16(24)17-8-9-22(12)14-13-15(19-10-18-14)23(21-20-13)11-6-4-3-5-7-11/h3-7,10,12H,2,8-9H2,1H3,(H,17,24). The van der Waals surface area contributed by atoms with Crippen molar-refractivity contribution in [2.24, 2.45) is 0 Å². The van der Waals surface area contributed by atoms with E-state index in [-0.39, 0.29) is 11.9 Å². The zero-order chi connectivity index (χ0) is 16.5. The van der Waals surface area contributed by atoms with Crippen molar-refractivity contribution in [3.05, 3.63) is 36.7 Å². The number of fused-ring (bicyclic) bond motifs is 1. The van der Waals surface area contributed by atoms with E-state index >= 15 is 0 Å². The Labute approximate surface area is 138 Å². The van der Waals surface area contributed by atoms with Crippen LogP contribution in [-0.2, 0) is 4.79 Å². The molecule has 3 heterocycles. The molecule has 1 unspecified atom stereocenters. The van der Waals surface area contributed by atoms with E-state index in [9.17, 15) is 4.79 Å². The van der Waals surface area contributed by atoms with E-state index in [4.69, 9.17) is 0 Å². The Balaban J connectivity index is 1.83. The van der Waals surface area contributed by atoms with Crippen LogP contribution in [0.25, 0.3) is 16.9 Å². The van der Waals surface area contributed by atoms with E-state index in [1.807, 2.05) is 42.2 Å². The van der Waals surface area contributed by atoms with Crippen LogP contribution in [0.3, 0.4) is 0 Å². The summed E-state index contributed by atoms with van der Waals surface area (Å²) in [6.07, 6.45) is 2.20. The molecule has 0 spiro atoms. The first-order valence-corrected chi connectivity index (χ1v) is 7.95. The molecule has 1 fully saturated rings. The van der Waals surface area contributed by atoms with Crippen LogP contribution in [0.2, 0.25) is 0 Å². The molecule has 0 saturated carbocycles. The van der Waals surface area contributed by atoms with Crippen molar-refractivity contribution in [2.45, 2.75) is 19.4 Å². The average Bonchev–Trinajstić information content (AvgIpc) is 3.06. The smallest absolute Gasteiger partial charge is 0.242 e. The van der Waals surface area contributed by atoms with Gasteiger partial charge in [-0.2, -0.15) is 4.68 Å². The van der Waals surface area contributed by atoms with Crippen LogP contribution in [0.15, 0.2) is 36.7 Å². The van der Waals surface area contributed by atoms with Crippen molar-refractivity contribution in [3.8, 4) is 5.69 Å². The molecule has 1 N–H and O–H groups in total. The zero-order valence-corrected chi connectivity index (χ0v) is 13.3. The summed E-state index contributed by atoms with van der Waals surface area (Å²) >= 11 is 0. The number of carbonyl (C=O) groups is 1. The molecular formula is C16H17N7O. The monoisotopic (exact) mass is 323 g/mol. The number of nitrogens with zero attached hydrogens (tertiary/aromatic N) is 6. The van der Waals surface area contributed by atoms with E-state index in [1.54, 1.807) is 4.68 Å². The summed E-state index contributed by atoms with van der Waals surface area (Å²) in [5, 5.41) is 11.4. The van der Waals surface area contributed by atoms with Crippen LogP contribution >= 0.6 is 0 Å². The van der Waals surface area contributed by atoms with Gasteiger partial charge in [0.2, 0.25) is 5.91 Å². The summed E-state index contributed by atoms with van der Waals surface area (Å²) in [5.74, 6) is 0.676. The minimum absolute atomic E-state index is 0.0194. The maximum absolute atomic E-state index is 12.1. The molecule has 8 nitrogen and oxygen atoms in total. The van der Waals surface area contributed by atoms with Gasteiger partial charge in [-0.3, -0.25) is 4.79 Å². The van der Waals surface area contributed by atoms with Crippen molar-refractivity contribution in [1.82, 2.24) is 30.3 Å². The number of para-hydroxylation sites is 1. The molecule has 8 heteroatoms. The van der Waals surface area contributed by atoms with Gasteiger partial charge in [-0.25, -0.2) is 9.97 Å². The molecule has 4 rings (SSSR count). The first-order chi connectivity index (χ1) is 11.8. The fourth-order valence-corrected chi connectivity index (χ4v) is 3.06. The fraction of sp³-hybridized carbons (Fsp3) is 0.312. The Hall–Kier alpha value is -3.03. The van der Waals surface area contributed by atoms with E-state index in [0.29, 0.717) is 36.5 Å². The number of nitrogens with one attached hydrogen (secondary N) is 1. The number of rotatable bonds is 3. The second-order valence-corrected chi connectivity index (χ2v) is 5.61. The highest BCUT2D eigenvalue weighted by molar-refractivity contribution is 5.90. The lowest BCUT2D eigenvalue weighted by molar-refractivity contribution is -0.123. The predicted molar refractivity (Wildman–Crippen MR) is 88.9 cm³/mol. The van der Waals surface area contributed by atoms with Gasteiger partial charge in [0.1, 0.15) is 12.4 Å². The molecule has 1 atom stereocenters. The van der Waals surface area contributed by atoms with E-state index in [1.165, 1.54) is 6.33 Å². The summed E-state index contributed by atoms with van der Waals surface area (Å²) < 4.78 is 1.69. The first-order valence-electron chi connectivity index (χ1n) is 7.95. The summed E-state index contributed by atoms with van der Waals surface area (Å²) in [6.45, 7) is 3.27. The van der Waals surface area contributed by atoms with Gasteiger partial charge in [0.25, 0.3) is 0 Å². The number of aromatic nitrogens is 5. The number of hydrogen-bond acceptors (Lipinski definition) is 6. The van der Waals surface area contributed by atoms with Crippen molar-refractivity contribution in [3.63, 3.8) is 0 Å². The molecule has 1 aliphatic rings. The SMILES string of the molecule is CCC1C(=O)NCCN1c1ncnc2c1nnn2-c1ccccc1. The molecule has 3 aromatic rings. The lowest BCUT2D eigenvalue weighted by Crippen LogP contribution is -2.55. The van der Waals surface area contributed by atoms with Gasteiger partial charge in [0.15, 0.2) is 17.0 Å². The quantitative estimate of drug-likeness (QED) is 0.771. The van der Waals surface area contributed by atoms with E-state index < -0.39 is 0 Å². The molecule has 1 amide bonds. The molecule has 0 aliphatic carbocycles. The number of carbonyl (C=O) groups excluding carboxylic acids is 1. The minimum Gasteiger partial charge on any atom is -0.353 e. The van der Waals surface area contributed by atoms with Crippen LogP contribution in [0.4, 0.5) is 5.82 Å². The molecule has 24 heavy (non-hydrogen) atoms. The largest absolute Gasteiger partial charge is 0.353 e. The van der Waals surface area contributed by atoms with Gasteiger partial charge in [-0.1, -0.05) is 30.3 Å². The van der Waals surface area contributed by atoms with Crippen LogP contribution in [0.1, 0.15) is 13.3 Å². The van der Waals surface area contributed by atoms with Crippen molar-refractivity contribution in [2.75, 3.05) is 18.0 Å². The average molecular weight is 323 g/mol. The maximum atomic E-state index is 12.1. The molecule has 1 aliphatic heterocycles. The normalized spacial score (nSPS) is 18.0. The highest BCUT2D eigenvalue weighted by Crippen LogP contribution is 2.25. The predicted octanol–water partition coefficient (Wildman–Crippen LogP) is 0.925. The van der Waals surface area contributed by atoms with Crippen LogP contribution < -0.4 is 10.2 Å². The van der Waals surface area contributed by atoms with Gasteiger partial charge >= 0.3 is 0 Å².